The SMILES string of the molecule is COc1ccc(Nc2ccc(S(N)(=O)=O)c(N)c2)cc1C. The van der Waals surface area contributed by atoms with Crippen LogP contribution in [-0.4, -0.2) is 15.5 Å². The van der Waals surface area contributed by atoms with Gasteiger partial charge in [-0.3, -0.25) is 0 Å². The third-order valence-corrected chi connectivity index (χ3v) is 3.98. The first-order chi connectivity index (χ1) is 9.81. The van der Waals surface area contributed by atoms with E-state index < -0.39 is 10.0 Å². The van der Waals surface area contributed by atoms with E-state index in [9.17, 15) is 8.42 Å². The van der Waals surface area contributed by atoms with Crippen LogP contribution in [0.5, 0.6) is 5.75 Å². The van der Waals surface area contributed by atoms with E-state index in [1.807, 2.05) is 25.1 Å². The van der Waals surface area contributed by atoms with Gasteiger partial charge < -0.3 is 15.8 Å². The Balaban J connectivity index is 2.29. The maximum absolute atomic E-state index is 11.3. The van der Waals surface area contributed by atoms with Crippen molar-refractivity contribution < 1.29 is 13.2 Å². The van der Waals surface area contributed by atoms with Crippen LogP contribution in [-0.2, 0) is 10.0 Å². The van der Waals surface area contributed by atoms with Crippen molar-refractivity contribution >= 4 is 27.1 Å². The van der Waals surface area contributed by atoms with Crippen molar-refractivity contribution in [3.8, 4) is 5.75 Å². The second-order valence-electron chi connectivity index (χ2n) is 4.61. The van der Waals surface area contributed by atoms with Crippen molar-refractivity contribution in [2.45, 2.75) is 11.8 Å². The predicted molar refractivity (Wildman–Crippen MR) is 83.2 cm³/mol. The van der Waals surface area contributed by atoms with Gasteiger partial charge >= 0.3 is 0 Å². The molecule has 0 amide bonds. The second kappa shape index (κ2) is 5.63. The number of primary sulfonamides is 1. The molecule has 0 aliphatic rings. The minimum Gasteiger partial charge on any atom is -0.496 e. The Labute approximate surface area is 123 Å². The van der Waals surface area contributed by atoms with E-state index >= 15 is 0 Å². The van der Waals surface area contributed by atoms with Crippen LogP contribution >= 0.6 is 0 Å². The fourth-order valence-electron chi connectivity index (χ4n) is 2.01. The largest absolute Gasteiger partial charge is 0.496 e. The molecule has 6 nitrogen and oxygen atoms in total. The molecule has 5 N–H and O–H groups in total. The smallest absolute Gasteiger partial charge is 0.240 e. The molecule has 0 saturated heterocycles. The lowest BCUT2D eigenvalue weighted by atomic mass is 10.2. The van der Waals surface area contributed by atoms with Gasteiger partial charge in [0.25, 0.3) is 0 Å². The fraction of sp³-hybridized carbons (Fsp3) is 0.143. The first-order valence-corrected chi connectivity index (χ1v) is 7.70. The van der Waals surface area contributed by atoms with Crippen molar-refractivity contribution in [2.75, 3.05) is 18.2 Å². The van der Waals surface area contributed by atoms with Crippen LogP contribution in [0.3, 0.4) is 0 Å². The summed E-state index contributed by atoms with van der Waals surface area (Å²) >= 11 is 0. The molecule has 0 atom stereocenters. The predicted octanol–water partition coefficient (Wildman–Crippen LogP) is 1.98. The third kappa shape index (κ3) is 3.45. The number of aryl methyl sites for hydroxylation is 1. The minimum atomic E-state index is -3.81. The highest BCUT2D eigenvalue weighted by atomic mass is 32.2. The quantitative estimate of drug-likeness (QED) is 0.749. The molecule has 2 aromatic rings. The van der Waals surface area contributed by atoms with E-state index in [1.54, 1.807) is 13.2 Å². The Morgan fingerprint density at radius 1 is 1.10 bits per heavy atom. The van der Waals surface area contributed by atoms with Crippen molar-refractivity contribution in [3.63, 3.8) is 0 Å². The molecule has 0 spiro atoms. The molecular weight excluding hydrogens is 290 g/mol. The highest BCUT2D eigenvalue weighted by Gasteiger charge is 2.12. The van der Waals surface area contributed by atoms with Gasteiger partial charge in [0.15, 0.2) is 0 Å². The molecule has 0 saturated carbocycles. The summed E-state index contributed by atoms with van der Waals surface area (Å²) in [6.07, 6.45) is 0. The Hall–Kier alpha value is -2.25. The number of sulfonamides is 1. The van der Waals surface area contributed by atoms with Gasteiger partial charge in [0.05, 0.1) is 12.8 Å². The number of nitrogens with one attached hydrogen (secondary N) is 1. The third-order valence-electron chi connectivity index (χ3n) is 3.00. The van der Waals surface area contributed by atoms with Gasteiger partial charge in [-0.2, -0.15) is 0 Å². The molecule has 7 heteroatoms. The molecule has 0 aromatic heterocycles. The number of hydrogen-bond donors (Lipinski definition) is 3. The molecule has 0 aliphatic carbocycles. The number of methoxy groups -OCH3 is 1. The molecule has 0 aliphatic heterocycles. The molecule has 0 fully saturated rings. The molecule has 0 unspecified atom stereocenters. The zero-order valence-corrected chi connectivity index (χ0v) is 12.6. The van der Waals surface area contributed by atoms with E-state index in [-0.39, 0.29) is 10.6 Å². The molecule has 0 heterocycles. The van der Waals surface area contributed by atoms with Crippen LogP contribution in [0.4, 0.5) is 17.1 Å². The van der Waals surface area contributed by atoms with Crippen LogP contribution in [0.25, 0.3) is 0 Å². The lowest BCUT2D eigenvalue weighted by Gasteiger charge is -2.11. The zero-order valence-electron chi connectivity index (χ0n) is 11.8. The number of ether oxygens (including phenoxy) is 1. The Bertz CT molecular complexity index is 773. The number of rotatable bonds is 4. The van der Waals surface area contributed by atoms with E-state index in [4.69, 9.17) is 15.6 Å². The van der Waals surface area contributed by atoms with E-state index in [1.165, 1.54) is 12.1 Å². The first-order valence-electron chi connectivity index (χ1n) is 6.15. The van der Waals surface area contributed by atoms with Gasteiger partial charge in [0.2, 0.25) is 10.0 Å². The maximum Gasteiger partial charge on any atom is 0.240 e. The summed E-state index contributed by atoms with van der Waals surface area (Å²) in [5.74, 6) is 0.796. The average Bonchev–Trinajstić information content (AvgIpc) is 2.37. The zero-order chi connectivity index (χ0) is 15.6. The lowest BCUT2D eigenvalue weighted by molar-refractivity contribution is 0.412. The Kier molecular flexibility index (Phi) is 4.06. The Morgan fingerprint density at radius 3 is 2.24 bits per heavy atom. The van der Waals surface area contributed by atoms with Crippen LogP contribution < -0.4 is 20.9 Å². The summed E-state index contributed by atoms with van der Waals surface area (Å²) in [7, 11) is -2.19. The van der Waals surface area contributed by atoms with E-state index in [2.05, 4.69) is 5.32 Å². The molecular formula is C14H17N3O3S. The van der Waals surface area contributed by atoms with Gasteiger partial charge in [-0.05, 0) is 48.9 Å². The van der Waals surface area contributed by atoms with Crippen molar-refractivity contribution in [1.29, 1.82) is 0 Å². The van der Waals surface area contributed by atoms with Gasteiger partial charge in [0.1, 0.15) is 10.6 Å². The van der Waals surface area contributed by atoms with Crippen molar-refractivity contribution in [2.24, 2.45) is 5.14 Å². The highest BCUT2D eigenvalue weighted by molar-refractivity contribution is 7.89. The molecule has 0 radical (unpaired) electrons. The summed E-state index contributed by atoms with van der Waals surface area (Å²) in [5.41, 5.74) is 8.32. The number of nitrogen functional groups attached to an aromatic ring is 1. The van der Waals surface area contributed by atoms with Crippen LogP contribution in [0, 0.1) is 6.92 Å². The lowest BCUT2D eigenvalue weighted by Crippen LogP contribution is -2.14. The first kappa shape index (κ1) is 15.1. The molecule has 2 rings (SSSR count). The van der Waals surface area contributed by atoms with Crippen molar-refractivity contribution in [3.05, 3.63) is 42.0 Å². The number of benzene rings is 2. The Morgan fingerprint density at radius 2 is 1.71 bits per heavy atom. The number of hydrogen-bond acceptors (Lipinski definition) is 5. The summed E-state index contributed by atoms with van der Waals surface area (Å²) < 4.78 is 27.8. The van der Waals surface area contributed by atoms with E-state index in [0.717, 1.165) is 17.0 Å². The van der Waals surface area contributed by atoms with Gasteiger partial charge in [-0.25, -0.2) is 13.6 Å². The average molecular weight is 307 g/mol. The van der Waals surface area contributed by atoms with Crippen LogP contribution in [0.2, 0.25) is 0 Å². The standard InChI is InChI=1S/C14H17N3O3S/c1-9-7-10(3-5-13(9)20-2)17-11-4-6-14(12(15)8-11)21(16,18)19/h3-8,17H,15H2,1-2H3,(H2,16,18,19). The van der Waals surface area contributed by atoms with Gasteiger partial charge in [-0.15, -0.1) is 0 Å². The van der Waals surface area contributed by atoms with Crippen LogP contribution in [0.15, 0.2) is 41.3 Å². The summed E-state index contributed by atoms with van der Waals surface area (Å²) in [5, 5.41) is 8.21. The van der Waals surface area contributed by atoms with Gasteiger partial charge in [-0.1, -0.05) is 0 Å². The summed E-state index contributed by atoms with van der Waals surface area (Å²) in [4.78, 5) is -0.0843. The fourth-order valence-corrected chi connectivity index (χ4v) is 2.65. The monoisotopic (exact) mass is 307 g/mol. The van der Waals surface area contributed by atoms with Crippen LogP contribution in [0.1, 0.15) is 5.56 Å². The normalized spacial score (nSPS) is 11.2. The molecule has 112 valence electrons. The second-order valence-corrected chi connectivity index (χ2v) is 6.14. The topological polar surface area (TPSA) is 107 Å². The highest BCUT2D eigenvalue weighted by Crippen LogP contribution is 2.27. The molecule has 0 bridgehead atoms. The molecule has 21 heavy (non-hydrogen) atoms. The number of nitrogens with two attached hydrogens (primary N) is 2. The molecule has 2 aromatic carbocycles. The number of anilines is 3. The minimum absolute atomic E-state index is 0.0843. The maximum atomic E-state index is 11.3. The van der Waals surface area contributed by atoms with Crippen molar-refractivity contribution in [1.82, 2.24) is 0 Å². The van der Waals surface area contributed by atoms with Gasteiger partial charge in [0, 0.05) is 11.4 Å². The summed E-state index contributed by atoms with van der Waals surface area (Å²) in [6.45, 7) is 1.93. The summed E-state index contributed by atoms with van der Waals surface area (Å²) in [6, 6.07) is 10.1. The van der Waals surface area contributed by atoms with E-state index in [0.29, 0.717) is 5.69 Å².